The lowest BCUT2D eigenvalue weighted by atomic mass is 9.97. The molecule has 5 nitrogen and oxygen atoms in total. The summed E-state index contributed by atoms with van der Waals surface area (Å²) >= 11 is 1.76. The molecule has 1 saturated heterocycles. The largest absolute Gasteiger partial charge is 0.481 e. The molecule has 0 aromatic carbocycles. The number of hydrogen-bond donors (Lipinski definition) is 2. The second-order valence-corrected chi connectivity index (χ2v) is 5.95. The highest BCUT2D eigenvalue weighted by atomic mass is 32.2. The van der Waals surface area contributed by atoms with Gasteiger partial charge in [0.1, 0.15) is 0 Å². The quantitative estimate of drug-likeness (QED) is 0.744. The minimum absolute atomic E-state index is 0.0761. The lowest BCUT2D eigenvalue weighted by Gasteiger charge is -2.30. The smallest absolute Gasteiger partial charge is 0.306 e. The van der Waals surface area contributed by atoms with E-state index < -0.39 is 5.97 Å². The van der Waals surface area contributed by atoms with E-state index in [1.165, 1.54) is 0 Å². The number of likely N-dealkylation sites (tertiary alicyclic amines) is 1. The van der Waals surface area contributed by atoms with Crippen LogP contribution >= 0.6 is 11.8 Å². The van der Waals surface area contributed by atoms with Crippen LogP contribution in [0.2, 0.25) is 0 Å². The van der Waals surface area contributed by atoms with Crippen molar-refractivity contribution in [2.75, 3.05) is 32.4 Å². The number of hydrogen-bond acceptors (Lipinski definition) is 4. The molecule has 0 aromatic rings. The molecule has 1 amide bonds. The zero-order valence-electron chi connectivity index (χ0n) is 11.0. The van der Waals surface area contributed by atoms with Gasteiger partial charge in [-0.2, -0.15) is 11.8 Å². The van der Waals surface area contributed by atoms with Crippen molar-refractivity contribution in [3.8, 4) is 0 Å². The highest BCUT2D eigenvalue weighted by molar-refractivity contribution is 7.99. The molecular formula is C12H22N2O3S. The van der Waals surface area contributed by atoms with Crippen LogP contribution in [0.25, 0.3) is 0 Å². The summed E-state index contributed by atoms with van der Waals surface area (Å²) in [7, 11) is 0. The zero-order chi connectivity index (χ0) is 13.5. The van der Waals surface area contributed by atoms with Crippen molar-refractivity contribution in [3.63, 3.8) is 0 Å². The first-order chi connectivity index (χ1) is 8.54. The van der Waals surface area contributed by atoms with Crippen LogP contribution in [0.3, 0.4) is 0 Å². The van der Waals surface area contributed by atoms with Crippen LogP contribution in [0.1, 0.15) is 19.8 Å². The standard InChI is InChI=1S/C12H22N2O3S/c1-9(18-2)7-13-8-11(15)14-5-3-10(4-6-14)12(16)17/h9-10,13H,3-8H2,1-2H3,(H,16,17). The maximum Gasteiger partial charge on any atom is 0.306 e. The van der Waals surface area contributed by atoms with Crippen molar-refractivity contribution in [2.45, 2.75) is 25.0 Å². The average molecular weight is 274 g/mol. The number of carboxylic acids is 1. The number of aliphatic carboxylic acids is 1. The fraction of sp³-hybridized carbons (Fsp3) is 0.833. The van der Waals surface area contributed by atoms with Crippen LogP contribution in [0.4, 0.5) is 0 Å². The number of nitrogens with one attached hydrogen (secondary N) is 1. The maximum atomic E-state index is 11.9. The van der Waals surface area contributed by atoms with Gasteiger partial charge in [0, 0.05) is 24.9 Å². The van der Waals surface area contributed by atoms with Gasteiger partial charge in [-0.25, -0.2) is 0 Å². The Bertz CT molecular complexity index is 291. The molecule has 1 aliphatic heterocycles. The van der Waals surface area contributed by atoms with E-state index in [1.54, 1.807) is 16.7 Å². The van der Waals surface area contributed by atoms with Crippen LogP contribution in [-0.4, -0.2) is 59.6 Å². The lowest BCUT2D eigenvalue weighted by molar-refractivity contribution is -0.145. The molecule has 1 atom stereocenters. The second-order valence-electron chi connectivity index (χ2n) is 4.67. The fourth-order valence-electron chi connectivity index (χ4n) is 1.95. The third-order valence-electron chi connectivity index (χ3n) is 3.31. The lowest BCUT2D eigenvalue weighted by Crippen LogP contribution is -2.44. The summed E-state index contributed by atoms with van der Waals surface area (Å²) < 4.78 is 0. The third-order valence-corrected chi connectivity index (χ3v) is 4.28. The fourth-order valence-corrected chi connectivity index (χ4v) is 2.24. The number of piperidine rings is 1. The summed E-state index contributed by atoms with van der Waals surface area (Å²) in [5.41, 5.74) is 0. The number of carboxylic acid groups (broad SMARTS) is 1. The van der Waals surface area contributed by atoms with Gasteiger partial charge >= 0.3 is 5.97 Å². The Morgan fingerprint density at radius 3 is 2.56 bits per heavy atom. The van der Waals surface area contributed by atoms with Gasteiger partial charge in [0.15, 0.2) is 0 Å². The SMILES string of the molecule is CSC(C)CNCC(=O)N1CCC(C(=O)O)CC1. The van der Waals surface area contributed by atoms with Gasteiger partial charge in [-0.15, -0.1) is 0 Å². The Labute approximate surface area is 112 Å². The zero-order valence-corrected chi connectivity index (χ0v) is 11.8. The Kier molecular flexibility index (Phi) is 6.49. The molecule has 18 heavy (non-hydrogen) atoms. The van der Waals surface area contributed by atoms with Crippen molar-refractivity contribution < 1.29 is 14.7 Å². The molecule has 2 N–H and O–H groups in total. The molecule has 1 aliphatic rings. The average Bonchev–Trinajstić information content (AvgIpc) is 2.38. The molecule has 6 heteroatoms. The van der Waals surface area contributed by atoms with E-state index in [9.17, 15) is 9.59 Å². The van der Waals surface area contributed by atoms with E-state index in [0.29, 0.717) is 37.7 Å². The van der Waals surface area contributed by atoms with E-state index in [2.05, 4.69) is 12.2 Å². The molecule has 0 bridgehead atoms. The highest BCUT2D eigenvalue weighted by Crippen LogP contribution is 2.17. The maximum absolute atomic E-state index is 11.9. The van der Waals surface area contributed by atoms with Crippen LogP contribution in [-0.2, 0) is 9.59 Å². The molecule has 0 saturated carbocycles. The van der Waals surface area contributed by atoms with Crippen LogP contribution < -0.4 is 5.32 Å². The molecule has 0 aromatic heterocycles. The van der Waals surface area contributed by atoms with Gasteiger partial charge < -0.3 is 15.3 Å². The van der Waals surface area contributed by atoms with Gasteiger partial charge in [0.25, 0.3) is 0 Å². The van der Waals surface area contributed by atoms with Gasteiger partial charge in [-0.3, -0.25) is 9.59 Å². The van der Waals surface area contributed by atoms with Gasteiger partial charge in [0.2, 0.25) is 5.91 Å². The Balaban J connectivity index is 2.22. The second kappa shape index (κ2) is 7.63. The summed E-state index contributed by atoms with van der Waals surface area (Å²) in [4.78, 5) is 24.4. The topological polar surface area (TPSA) is 69.6 Å². The Morgan fingerprint density at radius 1 is 1.44 bits per heavy atom. The summed E-state index contributed by atoms with van der Waals surface area (Å²) in [6.07, 6.45) is 3.19. The highest BCUT2D eigenvalue weighted by Gasteiger charge is 2.26. The van der Waals surface area contributed by atoms with Crippen molar-refractivity contribution in [1.82, 2.24) is 10.2 Å². The predicted octanol–water partition coefficient (Wildman–Crippen LogP) is 0.651. The number of nitrogens with zero attached hydrogens (tertiary/aromatic N) is 1. The summed E-state index contributed by atoms with van der Waals surface area (Å²) in [5.74, 6) is -0.945. The first kappa shape index (κ1) is 15.3. The molecule has 104 valence electrons. The molecule has 0 spiro atoms. The number of thioether (sulfide) groups is 1. The van der Waals surface area contributed by atoms with Crippen LogP contribution in [0, 0.1) is 5.92 Å². The first-order valence-corrected chi connectivity index (χ1v) is 7.57. The summed E-state index contributed by atoms with van der Waals surface area (Å²) in [6, 6.07) is 0. The van der Waals surface area contributed by atoms with Crippen molar-refractivity contribution in [1.29, 1.82) is 0 Å². The molecule has 1 rings (SSSR count). The number of amides is 1. The number of carbonyl (C=O) groups is 2. The number of carbonyl (C=O) groups excluding carboxylic acids is 1. The van der Waals surface area contributed by atoms with Crippen LogP contribution in [0.15, 0.2) is 0 Å². The van der Waals surface area contributed by atoms with E-state index in [0.717, 1.165) is 6.54 Å². The minimum Gasteiger partial charge on any atom is -0.481 e. The summed E-state index contributed by atoms with van der Waals surface area (Å²) in [5, 5.41) is 12.5. The van der Waals surface area contributed by atoms with Gasteiger partial charge in [-0.1, -0.05) is 6.92 Å². The van der Waals surface area contributed by atoms with Gasteiger partial charge in [0.05, 0.1) is 12.5 Å². The van der Waals surface area contributed by atoms with Crippen LogP contribution in [0.5, 0.6) is 0 Å². The molecule has 0 radical (unpaired) electrons. The third kappa shape index (κ3) is 4.86. The molecule has 1 fully saturated rings. The van der Waals surface area contributed by atoms with Gasteiger partial charge in [-0.05, 0) is 19.1 Å². The monoisotopic (exact) mass is 274 g/mol. The minimum atomic E-state index is -0.742. The van der Waals surface area contributed by atoms with E-state index >= 15 is 0 Å². The summed E-state index contributed by atoms with van der Waals surface area (Å²) in [6.45, 7) is 4.41. The van der Waals surface area contributed by atoms with E-state index in [1.807, 2.05) is 6.26 Å². The molecule has 0 aliphatic carbocycles. The van der Waals surface area contributed by atoms with Crippen molar-refractivity contribution >= 4 is 23.6 Å². The molecule has 1 heterocycles. The van der Waals surface area contributed by atoms with Crippen molar-refractivity contribution in [3.05, 3.63) is 0 Å². The Hall–Kier alpha value is -0.750. The van der Waals surface area contributed by atoms with Crippen molar-refractivity contribution in [2.24, 2.45) is 5.92 Å². The van der Waals surface area contributed by atoms with E-state index in [-0.39, 0.29) is 11.8 Å². The Morgan fingerprint density at radius 2 is 2.06 bits per heavy atom. The molecular weight excluding hydrogens is 252 g/mol. The van der Waals surface area contributed by atoms with E-state index in [4.69, 9.17) is 5.11 Å². The molecule has 1 unspecified atom stereocenters. The normalized spacial score (nSPS) is 18.7. The number of rotatable bonds is 6. The predicted molar refractivity (Wildman–Crippen MR) is 72.8 cm³/mol. The first-order valence-electron chi connectivity index (χ1n) is 6.28.